The van der Waals surface area contributed by atoms with Crippen molar-refractivity contribution < 1.29 is 24.5 Å². The van der Waals surface area contributed by atoms with Gasteiger partial charge in [-0.3, -0.25) is 9.78 Å². The third-order valence-corrected chi connectivity index (χ3v) is 6.81. The maximum Gasteiger partial charge on any atom is 0.326 e. The molecule has 1 fully saturated rings. The molecular weight excluding hydrogens is 503 g/mol. The maximum absolute atomic E-state index is 14.0. The van der Waals surface area contributed by atoms with Gasteiger partial charge in [0.2, 0.25) is 0 Å². The van der Waals surface area contributed by atoms with Crippen molar-refractivity contribution in [3.05, 3.63) is 99.8 Å². The summed E-state index contributed by atoms with van der Waals surface area (Å²) >= 11 is 12.2. The number of halogens is 2. The highest BCUT2D eigenvalue weighted by molar-refractivity contribution is 6.30. The number of pyridine rings is 1. The van der Waals surface area contributed by atoms with Gasteiger partial charge in [-0.1, -0.05) is 60.8 Å². The number of aromatic nitrogens is 1. The second kappa shape index (κ2) is 11.4. The summed E-state index contributed by atoms with van der Waals surface area (Å²) in [6.45, 7) is 1.86. The van der Waals surface area contributed by atoms with Crippen LogP contribution in [-0.4, -0.2) is 44.1 Å². The van der Waals surface area contributed by atoms with E-state index in [1.165, 1.54) is 17.3 Å². The van der Waals surface area contributed by atoms with E-state index in [0.717, 1.165) is 0 Å². The molecule has 3 aromatic rings. The van der Waals surface area contributed by atoms with Crippen molar-refractivity contribution in [3.63, 3.8) is 0 Å². The van der Waals surface area contributed by atoms with Gasteiger partial charge in [0.1, 0.15) is 18.2 Å². The summed E-state index contributed by atoms with van der Waals surface area (Å²) in [6.07, 6.45) is 0.327. The lowest BCUT2D eigenvalue weighted by Gasteiger charge is -2.48. The summed E-state index contributed by atoms with van der Waals surface area (Å²) in [4.78, 5) is 31.7. The third-order valence-electron chi connectivity index (χ3n) is 6.30. The van der Waals surface area contributed by atoms with Crippen LogP contribution in [0.15, 0.2) is 73.1 Å². The summed E-state index contributed by atoms with van der Waals surface area (Å²) in [7, 11) is 0. The topological polar surface area (TPSA) is 100.0 Å². The Kier molecular flexibility index (Phi) is 8.26. The average Bonchev–Trinajstić information content (AvgIpc) is 2.88. The lowest BCUT2D eigenvalue weighted by molar-refractivity contribution is -0.197. The molecular formula is C27H26Cl2N2O5. The predicted molar refractivity (Wildman–Crippen MR) is 136 cm³/mol. The number of benzene rings is 2. The van der Waals surface area contributed by atoms with Gasteiger partial charge in [-0.15, -0.1) is 0 Å². The van der Waals surface area contributed by atoms with Gasteiger partial charge in [-0.25, -0.2) is 4.79 Å². The van der Waals surface area contributed by atoms with Crippen LogP contribution in [0.2, 0.25) is 10.0 Å². The third kappa shape index (κ3) is 5.39. The summed E-state index contributed by atoms with van der Waals surface area (Å²) in [5.74, 6) is -1.73. The van der Waals surface area contributed by atoms with E-state index in [1.807, 2.05) is 6.92 Å². The molecule has 0 saturated carbocycles. The summed E-state index contributed by atoms with van der Waals surface area (Å²) in [6, 6.07) is 15.1. The number of carbonyl (C=O) groups is 2. The highest BCUT2D eigenvalue weighted by atomic mass is 35.5. The minimum Gasteiger partial charge on any atom is -0.480 e. The Balaban J connectivity index is 1.89. The van der Waals surface area contributed by atoms with Crippen molar-refractivity contribution in [2.24, 2.45) is 0 Å². The Morgan fingerprint density at radius 1 is 1.00 bits per heavy atom. The molecule has 1 aliphatic heterocycles. The Morgan fingerprint density at radius 3 is 2.08 bits per heavy atom. The second-order valence-electron chi connectivity index (χ2n) is 8.64. The van der Waals surface area contributed by atoms with E-state index < -0.39 is 42.3 Å². The Hall–Kier alpha value is -2.97. The van der Waals surface area contributed by atoms with Gasteiger partial charge in [0.25, 0.3) is 5.91 Å². The number of hydrogen-bond acceptors (Lipinski definition) is 5. The molecule has 2 N–H and O–H groups in total. The molecule has 1 saturated heterocycles. The highest BCUT2D eigenvalue weighted by Gasteiger charge is 2.50. The van der Waals surface area contributed by atoms with Crippen LogP contribution in [0, 0.1) is 0 Å². The molecule has 2 heterocycles. The quantitative estimate of drug-likeness (QED) is 0.406. The van der Waals surface area contributed by atoms with Gasteiger partial charge >= 0.3 is 5.97 Å². The minimum absolute atomic E-state index is 0.233. The first-order valence-corrected chi connectivity index (χ1v) is 12.4. The SMILES string of the molecule is CCCC(C(=O)O)N1C(=O)[C@@H]([C@@H](O)c2ccncc2)O[C@H](c2ccc(Cl)cc2)[C@@H]1c1ccc(Cl)cc1. The number of rotatable bonds is 8. The molecule has 0 radical (unpaired) electrons. The summed E-state index contributed by atoms with van der Waals surface area (Å²) in [5, 5.41) is 22.4. The molecule has 1 amide bonds. The minimum atomic E-state index is -1.34. The number of carbonyl (C=O) groups excluding carboxylic acids is 1. The fraction of sp³-hybridized carbons (Fsp3) is 0.296. The van der Waals surface area contributed by atoms with Crippen LogP contribution in [0.3, 0.4) is 0 Å². The molecule has 36 heavy (non-hydrogen) atoms. The number of amides is 1. The predicted octanol–water partition coefficient (Wildman–Crippen LogP) is 5.39. The first-order chi connectivity index (χ1) is 17.3. The number of aliphatic carboxylic acids is 1. The highest BCUT2D eigenvalue weighted by Crippen LogP contribution is 2.46. The van der Waals surface area contributed by atoms with E-state index in [9.17, 15) is 19.8 Å². The van der Waals surface area contributed by atoms with Gasteiger partial charge in [-0.2, -0.15) is 0 Å². The lowest BCUT2D eigenvalue weighted by Crippen LogP contribution is -2.58. The van der Waals surface area contributed by atoms with E-state index in [4.69, 9.17) is 27.9 Å². The molecule has 4 rings (SSSR count). The van der Waals surface area contributed by atoms with Crippen molar-refractivity contribution in [2.45, 2.75) is 50.2 Å². The zero-order valence-corrected chi connectivity index (χ0v) is 21.0. The van der Waals surface area contributed by atoms with Crippen LogP contribution in [0.4, 0.5) is 0 Å². The number of aliphatic hydroxyl groups excluding tert-OH is 1. The molecule has 7 nitrogen and oxygen atoms in total. The van der Waals surface area contributed by atoms with E-state index in [2.05, 4.69) is 4.98 Å². The van der Waals surface area contributed by atoms with Gasteiger partial charge in [0, 0.05) is 22.4 Å². The van der Waals surface area contributed by atoms with Gasteiger partial charge < -0.3 is 19.8 Å². The van der Waals surface area contributed by atoms with Crippen molar-refractivity contribution in [1.29, 1.82) is 0 Å². The molecule has 5 atom stereocenters. The fourth-order valence-electron chi connectivity index (χ4n) is 4.58. The van der Waals surface area contributed by atoms with Crippen molar-refractivity contribution in [2.75, 3.05) is 0 Å². The fourth-order valence-corrected chi connectivity index (χ4v) is 4.83. The van der Waals surface area contributed by atoms with Crippen molar-refractivity contribution in [3.8, 4) is 0 Å². The second-order valence-corrected chi connectivity index (χ2v) is 9.51. The standard InChI is InChI=1S/C27H26Cl2N2O5/c1-2-3-21(27(34)35)31-22(16-4-8-19(28)9-5-16)24(18-6-10-20(29)11-7-18)36-25(26(31)33)23(32)17-12-14-30-15-13-17/h4-15,21-25,32H,2-3H2,1H3,(H,34,35)/t21?,22-,23-,24+,25+/m0/s1. The number of carboxylic acids is 1. The van der Waals surface area contributed by atoms with Crippen molar-refractivity contribution in [1.82, 2.24) is 9.88 Å². The van der Waals surface area contributed by atoms with Gasteiger partial charge in [0.15, 0.2) is 6.10 Å². The Bertz CT molecular complexity index is 1190. The number of nitrogens with zero attached hydrogens (tertiary/aromatic N) is 2. The average molecular weight is 529 g/mol. The van der Waals surface area contributed by atoms with Gasteiger partial charge in [-0.05, 0) is 59.5 Å². The number of carboxylic acid groups (broad SMARTS) is 1. The molecule has 1 unspecified atom stereocenters. The largest absolute Gasteiger partial charge is 0.480 e. The number of morpholine rings is 1. The van der Waals surface area contributed by atoms with Crippen LogP contribution in [0.5, 0.6) is 0 Å². The monoisotopic (exact) mass is 528 g/mol. The maximum atomic E-state index is 14.0. The normalized spacial score (nSPS) is 21.7. The van der Waals surface area contributed by atoms with Crippen LogP contribution in [0.25, 0.3) is 0 Å². The van der Waals surface area contributed by atoms with E-state index >= 15 is 0 Å². The van der Waals surface area contributed by atoms with E-state index in [0.29, 0.717) is 33.2 Å². The summed E-state index contributed by atoms with van der Waals surface area (Å²) in [5.41, 5.74) is 1.78. The van der Waals surface area contributed by atoms with Gasteiger partial charge in [0.05, 0.1) is 6.04 Å². The molecule has 188 valence electrons. The van der Waals surface area contributed by atoms with Crippen LogP contribution in [0.1, 0.15) is 54.7 Å². The lowest BCUT2D eigenvalue weighted by atomic mass is 9.88. The molecule has 9 heteroatoms. The zero-order valence-electron chi connectivity index (χ0n) is 19.5. The molecule has 1 aromatic heterocycles. The number of aliphatic hydroxyl groups is 1. The Morgan fingerprint density at radius 2 is 1.56 bits per heavy atom. The molecule has 1 aliphatic rings. The van der Waals surface area contributed by atoms with Crippen LogP contribution >= 0.6 is 23.2 Å². The summed E-state index contributed by atoms with van der Waals surface area (Å²) < 4.78 is 6.35. The van der Waals surface area contributed by atoms with E-state index in [-0.39, 0.29) is 6.42 Å². The molecule has 0 bridgehead atoms. The number of hydrogen-bond donors (Lipinski definition) is 2. The first-order valence-electron chi connectivity index (χ1n) is 11.6. The zero-order chi connectivity index (χ0) is 25.8. The number of ether oxygens (including phenoxy) is 1. The molecule has 2 aromatic carbocycles. The van der Waals surface area contributed by atoms with Crippen LogP contribution < -0.4 is 0 Å². The first kappa shape index (κ1) is 26.1. The van der Waals surface area contributed by atoms with E-state index in [1.54, 1.807) is 60.7 Å². The van der Waals surface area contributed by atoms with Crippen LogP contribution in [-0.2, 0) is 14.3 Å². The molecule has 0 aliphatic carbocycles. The molecule has 0 spiro atoms. The Labute approximate surface area is 219 Å². The van der Waals surface area contributed by atoms with Crippen molar-refractivity contribution >= 4 is 35.1 Å². The smallest absolute Gasteiger partial charge is 0.326 e.